The molecule has 2 aromatic carbocycles. The number of rotatable bonds is 5. The molecule has 5 heteroatoms. The van der Waals surface area contributed by atoms with E-state index in [9.17, 15) is 9.90 Å². The fraction of sp³-hybridized carbons (Fsp3) is 0.105. The van der Waals surface area contributed by atoms with Crippen LogP contribution in [-0.2, 0) is 11.2 Å². The maximum absolute atomic E-state index is 10.9. The van der Waals surface area contributed by atoms with Crippen molar-refractivity contribution < 1.29 is 15.0 Å². The normalized spacial score (nSPS) is 10.7. The zero-order chi connectivity index (χ0) is 17.1. The van der Waals surface area contributed by atoms with Crippen molar-refractivity contribution in [3.63, 3.8) is 0 Å². The summed E-state index contributed by atoms with van der Waals surface area (Å²) in [6, 6.07) is 18.4. The highest BCUT2D eigenvalue weighted by molar-refractivity contribution is 6.30. The van der Waals surface area contributed by atoms with Crippen LogP contribution in [0.4, 0.5) is 0 Å². The molecule has 0 saturated heterocycles. The molecular formula is C19H16ClNO3. The minimum atomic E-state index is -0.862. The summed E-state index contributed by atoms with van der Waals surface area (Å²) in [5.41, 5.74) is 3.17. The van der Waals surface area contributed by atoms with Crippen molar-refractivity contribution in [1.82, 2.24) is 4.57 Å². The van der Waals surface area contributed by atoms with Gasteiger partial charge in [0.15, 0.2) is 0 Å². The van der Waals surface area contributed by atoms with E-state index in [4.69, 9.17) is 16.7 Å². The van der Waals surface area contributed by atoms with E-state index in [-0.39, 0.29) is 12.2 Å². The van der Waals surface area contributed by atoms with Crippen LogP contribution in [0, 0.1) is 0 Å². The van der Waals surface area contributed by atoms with E-state index in [0.717, 1.165) is 17.0 Å². The van der Waals surface area contributed by atoms with Crippen molar-refractivity contribution in [2.75, 3.05) is 0 Å². The molecule has 1 heterocycles. The van der Waals surface area contributed by atoms with Gasteiger partial charge in [0, 0.05) is 10.7 Å². The summed E-state index contributed by atoms with van der Waals surface area (Å²) in [5.74, 6) is -0.774. The molecule has 24 heavy (non-hydrogen) atoms. The number of hydrogen-bond donors (Lipinski definition) is 2. The molecule has 0 amide bonds. The minimum absolute atomic E-state index is 0.0135. The van der Waals surface area contributed by atoms with Crippen LogP contribution in [0.2, 0.25) is 5.02 Å². The largest absolute Gasteiger partial charge is 0.506 e. The Morgan fingerprint density at radius 2 is 1.79 bits per heavy atom. The quantitative estimate of drug-likeness (QED) is 0.717. The average molecular weight is 342 g/mol. The van der Waals surface area contributed by atoms with E-state index in [1.165, 1.54) is 6.07 Å². The van der Waals surface area contributed by atoms with Crippen molar-refractivity contribution in [2.24, 2.45) is 0 Å². The third kappa shape index (κ3) is 3.29. The minimum Gasteiger partial charge on any atom is -0.506 e. The van der Waals surface area contributed by atoms with Crippen LogP contribution < -0.4 is 0 Å². The maximum atomic E-state index is 10.9. The molecule has 0 aliphatic carbocycles. The molecule has 122 valence electrons. The van der Waals surface area contributed by atoms with Gasteiger partial charge in [-0.25, -0.2) is 0 Å². The molecule has 0 spiro atoms. The summed E-state index contributed by atoms with van der Waals surface area (Å²) < 4.78 is 1.86. The van der Waals surface area contributed by atoms with Crippen molar-refractivity contribution in [2.45, 2.75) is 12.8 Å². The number of aromatic hydroxyl groups is 1. The van der Waals surface area contributed by atoms with E-state index in [1.54, 1.807) is 12.1 Å². The van der Waals surface area contributed by atoms with Gasteiger partial charge in [0.05, 0.1) is 17.8 Å². The molecule has 0 unspecified atom stereocenters. The Morgan fingerprint density at radius 1 is 1.04 bits per heavy atom. The van der Waals surface area contributed by atoms with E-state index in [2.05, 4.69) is 0 Å². The molecule has 0 bridgehead atoms. The van der Waals surface area contributed by atoms with Crippen LogP contribution in [0.5, 0.6) is 5.75 Å². The number of carbonyl (C=O) groups is 1. The second-order valence-electron chi connectivity index (χ2n) is 5.44. The maximum Gasteiger partial charge on any atom is 0.303 e. The summed E-state index contributed by atoms with van der Waals surface area (Å²) in [6.45, 7) is 0. The molecular weight excluding hydrogens is 326 g/mol. The van der Waals surface area contributed by atoms with Crippen molar-refractivity contribution in [3.8, 4) is 22.7 Å². The van der Waals surface area contributed by atoms with Crippen molar-refractivity contribution in [1.29, 1.82) is 0 Å². The van der Waals surface area contributed by atoms with Gasteiger partial charge in [-0.15, -0.1) is 0 Å². The molecule has 0 atom stereocenters. The molecule has 0 saturated carbocycles. The lowest BCUT2D eigenvalue weighted by Gasteiger charge is -2.15. The first-order chi connectivity index (χ1) is 11.6. The zero-order valence-electron chi connectivity index (χ0n) is 12.8. The Hall–Kier alpha value is -2.72. The second-order valence-corrected chi connectivity index (χ2v) is 5.87. The number of hydrogen-bond acceptors (Lipinski definition) is 2. The van der Waals surface area contributed by atoms with Crippen molar-refractivity contribution >= 4 is 17.6 Å². The Labute approximate surface area is 144 Å². The first-order valence-electron chi connectivity index (χ1n) is 7.53. The zero-order valence-corrected chi connectivity index (χ0v) is 13.6. The fourth-order valence-corrected chi connectivity index (χ4v) is 2.87. The van der Waals surface area contributed by atoms with Gasteiger partial charge in [0.1, 0.15) is 5.75 Å². The van der Waals surface area contributed by atoms with Crippen LogP contribution >= 0.6 is 11.6 Å². The van der Waals surface area contributed by atoms with E-state index >= 15 is 0 Å². The third-order valence-electron chi connectivity index (χ3n) is 3.80. The molecule has 4 nitrogen and oxygen atoms in total. The average Bonchev–Trinajstić information content (AvgIpc) is 2.99. The van der Waals surface area contributed by atoms with E-state index in [0.29, 0.717) is 17.1 Å². The Bertz CT molecular complexity index is 872. The molecule has 3 aromatic rings. The lowest BCUT2D eigenvalue weighted by atomic mass is 10.1. The van der Waals surface area contributed by atoms with Gasteiger partial charge < -0.3 is 14.8 Å². The number of carboxylic acid groups (broad SMARTS) is 1. The number of carboxylic acids is 1. The summed E-state index contributed by atoms with van der Waals surface area (Å²) in [6.07, 6.45) is 0.369. The lowest BCUT2D eigenvalue weighted by Crippen LogP contribution is -2.05. The van der Waals surface area contributed by atoms with Crippen LogP contribution in [0.1, 0.15) is 12.1 Å². The number of aromatic nitrogens is 1. The predicted octanol–water partition coefficient (Wildman–Crippen LogP) is 4.52. The SMILES string of the molecule is O=C(O)CCc1ccc(-c2ccccc2)n1-c1cc(Cl)ccc1O. The topological polar surface area (TPSA) is 62.5 Å². The van der Waals surface area contributed by atoms with Gasteiger partial charge >= 0.3 is 5.97 Å². The van der Waals surface area contributed by atoms with Gasteiger partial charge in [-0.05, 0) is 42.3 Å². The highest BCUT2D eigenvalue weighted by Gasteiger charge is 2.16. The number of phenolic OH excluding ortho intramolecular Hbond substituents is 1. The molecule has 0 radical (unpaired) electrons. The van der Waals surface area contributed by atoms with Gasteiger partial charge in [-0.1, -0.05) is 41.9 Å². The van der Waals surface area contributed by atoms with Gasteiger partial charge in [-0.2, -0.15) is 0 Å². The van der Waals surface area contributed by atoms with Crippen molar-refractivity contribution in [3.05, 3.63) is 71.4 Å². The number of halogens is 1. The van der Waals surface area contributed by atoms with Gasteiger partial charge in [0.25, 0.3) is 0 Å². The summed E-state index contributed by atoms with van der Waals surface area (Å²) in [7, 11) is 0. The number of aryl methyl sites for hydroxylation is 1. The van der Waals surface area contributed by atoms with Gasteiger partial charge in [-0.3, -0.25) is 4.79 Å². The Balaban J connectivity index is 2.17. The Kier molecular flexibility index (Phi) is 4.58. The summed E-state index contributed by atoms with van der Waals surface area (Å²) >= 11 is 6.09. The first kappa shape index (κ1) is 16.1. The first-order valence-corrected chi connectivity index (χ1v) is 7.91. The number of benzene rings is 2. The molecule has 0 aliphatic rings. The second kappa shape index (κ2) is 6.81. The predicted molar refractivity (Wildman–Crippen MR) is 93.8 cm³/mol. The van der Waals surface area contributed by atoms with E-state index in [1.807, 2.05) is 47.0 Å². The summed E-state index contributed by atoms with van der Waals surface area (Å²) in [5, 5.41) is 19.8. The van der Waals surface area contributed by atoms with Crippen LogP contribution in [0.25, 0.3) is 16.9 Å². The monoisotopic (exact) mass is 341 g/mol. The molecule has 0 aliphatic heterocycles. The van der Waals surface area contributed by atoms with E-state index < -0.39 is 5.97 Å². The summed E-state index contributed by atoms with van der Waals surface area (Å²) in [4.78, 5) is 10.9. The molecule has 0 fully saturated rings. The molecule has 1 aromatic heterocycles. The smallest absolute Gasteiger partial charge is 0.303 e. The number of aliphatic carboxylic acids is 1. The molecule has 2 N–H and O–H groups in total. The number of nitrogens with zero attached hydrogens (tertiary/aromatic N) is 1. The lowest BCUT2D eigenvalue weighted by molar-refractivity contribution is -0.136. The highest BCUT2D eigenvalue weighted by Crippen LogP contribution is 2.33. The third-order valence-corrected chi connectivity index (χ3v) is 4.04. The highest BCUT2D eigenvalue weighted by atomic mass is 35.5. The standard InChI is InChI=1S/C19H16ClNO3/c20-14-6-10-18(22)17(12-14)21-15(8-11-19(23)24)7-9-16(21)13-4-2-1-3-5-13/h1-7,9-10,12,22H,8,11H2,(H,23,24). The van der Waals surface area contributed by atoms with Gasteiger partial charge in [0.2, 0.25) is 0 Å². The van der Waals surface area contributed by atoms with Crippen LogP contribution in [0.3, 0.4) is 0 Å². The van der Waals surface area contributed by atoms with Crippen LogP contribution in [-0.4, -0.2) is 20.7 Å². The molecule has 3 rings (SSSR count). The number of phenols is 1. The van der Waals surface area contributed by atoms with Crippen LogP contribution in [0.15, 0.2) is 60.7 Å². The fourth-order valence-electron chi connectivity index (χ4n) is 2.70. The Morgan fingerprint density at radius 3 is 2.50 bits per heavy atom.